The van der Waals surface area contributed by atoms with Crippen molar-refractivity contribution in [3.05, 3.63) is 0 Å². The number of nitrogens with zero attached hydrogens (tertiary/aromatic N) is 1. The minimum atomic E-state index is -0.833. The Morgan fingerprint density at radius 1 is 1.29 bits per heavy atom. The van der Waals surface area contributed by atoms with E-state index in [0.717, 1.165) is 25.8 Å². The number of carbonyl (C=O) groups excluding carboxylic acids is 1. The maximum Gasteiger partial charge on any atom is 0.307 e. The lowest BCUT2D eigenvalue weighted by Gasteiger charge is -2.22. The summed E-state index contributed by atoms with van der Waals surface area (Å²) in [4.78, 5) is 25.4. The van der Waals surface area contributed by atoms with Crippen molar-refractivity contribution in [1.82, 2.24) is 4.90 Å². The molecule has 1 N–H and O–H groups in total. The molecule has 0 heterocycles. The Balaban J connectivity index is 2.07. The van der Waals surface area contributed by atoms with E-state index in [1.54, 1.807) is 0 Å². The molecule has 17 heavy (non-hydrogen) atoms. The van der Waals surface area contributed by atoms with E-state index in [-0.39, 0.29) is 17.2 Å². The molecule has 1 amide bonds. The Morgan fingerprint density at radius 2 is 1.88 bits per heavy atom. The Labute approximate surface area is 102 Å². The van der Waals surface area contributed by atoms with Gasteiger partial charge in [0.1, 0.15) is 0 Å². The van der Waals surface area contributed by atoms with Crippen LogP contribution in [0.1, 0.15) is 40.0 Å². The van der Waals surface area contributed by atoms with Crippen LogP contribution in [0.2, 0.25) is 0 Å². The number of carbonyl (C=O) groups is 2. The summed E-state index contributed by atoms with van der Waals surface area (Å²) < 4.78 is 0. The summed E-state index contributed by atoms with van der Waals surface area (Å²) in [6.07, 6.45) is 3.10. The van der Waals surface area contributed by atoms with Crippen LogP contribution >= 0.6 is 0 Å². The van der Waals surface area contributed by atoms with Gasteiger partial charge in [0.2, 0.25) is 5.91 Å². The van der Waals surface area contributed by atoms with Gasteiger partial charge in [-0.25, -0.2) is 0 Å². The number of carboxylic acid groups (broad SMARTS) is 1. The van der Waals surface area contributed by atoms with Gasteiger partial charge in [-0.3, -0.25) is 9.59 Å². The third-order valence-electron chi connectivity index (χ3n) is 4.09. The van der Waals surface area contributed by atoms with Crippen LogP contribution in [0.5, 0.6) is 0 Å². The van der Waals surface area contributed by atoms with Crippen LogP contribution in [-0.2, 0) is 9.59 Å². The highest BCUT2D eigenvalue weighted by Crippen LogP contribution is 2.59. The van der Waals surface area contributed by atoms with Gasteiger partial charge in [0.05, 0.1) is 11.8 Å². The van der Waals surface area contributed by atoms with E-state index in [9.17, 15) is 9.59 Å². The van der Waals surface area contributed by atoms with Crippen molar-refractivity contribution >= 4 is 11.9 Å². The van der Waals surface area contributed by atoms with Gasteiger partial charge in [-0.2, -0.15) is 0 Å². The lowest BCUT2D eigenvalue weighted by Crippen LogP contribution is -2.36. The molecule has 0 radical (unpaired) electrons. The Bertz CT molecular complexity index is 347. The van der Waals surface area contributed by atoms with E-state index in [0.29, 0.717) is 6.04 Å². The van der Waals surface area contributed by atoms with Gasteiger partial charge in [-0.15, -0.1) is 0 Å². The summed E-state index contributed by atoms with van der Waals surface area (Å²) >= 11 is 0. The molecule has 96 valence electrons. The molecule has 0 aromatic heterocycles. The summed E-state index contributed by atoms with van der Waals surface area (Å²) in [6.45, 7) is 6.58. The third-order valence-corrected chi connectivity index (χ3v) is 4.09. The molecule has 4 nitrogen and oxygen atoms in total. The topological polar surface area (TPSA) is 57.6 Å². The molecular weight excluding hydrogens is 218 g/mol. The highest BCUT2D eigenvalue weighted by Gasteiger charge is 2.67. The molecule has 2 aliphatic rings. The van der Waals surface area contributed by atoms with Crippen LogP contribution < -0.4 is 0 Å². The number of rotatable bonds is 5. The monoisotopic (exact) mass is 239 g/mol. The first-order valence-corrected chi connectivity index (χ1v) is 6.44. The fourth-order valence-corrected chi connectivity index (χ4v) is 2.84. The number of hydrogen-bond donors (Lipinski definition) is 1. The predicted octanol–water partition coefficient (Wildman–Crippen LogP) is 1.74. The molecule has 0 unspecified atom stereocenters. The predicted molar refractivity (Wildman–Crippen MR) is 63.4 cm³/mol. The van der Waals surface area contributed by atoms with Gasteiger partial charge < -0.3 is 10.0 Å². The van der Waals surface area contributed by atoms with Gasteiger partial charge in [0.25, 0.3) is 0 Å². The van der Waals surface area contributed by atoms with Crippen molar-refractivity contribution in [2.75, 3.05) is 6.54 Å². The second-order valence-electron chi connectivity index (χ2n) is 5.88. The number of hydrogen-bond acceptors (Lipinski definition) is 2. The number of aliphatic carboxylic acids is 1. The summed E-state index contributed by atoms with van der Waals surface area (Å²) in [6, 6.07) is 0.383. The molecule has 2 fully saturated rings. The van der Waals surface area contributed by atoms with E-state index < -0.39 is 11.9 Å². The standard InChI is InChI=1S/C13H21NO3/c1-4-7-14(8-5-6-8)11(15)9-10(12(16)17)13(9,2)3/h8-10H,4-7H2,1-3H3,(H,16,17)/t9-,10+/m0/s1. The molecule has 0 aromatic rings. The smallest absolute Gasteiger partial charge is 0.307 e. The van der Waals surface area contributed by atoms with Crippen molar-refractivity contribution in [2.24, 2.45) is 17.3 Å². The maximum absolute atomic E-state index is 12.4. The third kappa shape index (κ3) is 2.05. The van der Waals surface area contributed by atoms with Gasteiger partial charge in [0, 0.05) is 12.6 Å². The van der Waals surface area contributed by atoms with E-state index in [1.807, 2.05) is 18.7 Å². The van der Waals surface area contributed by atoms with Gasteiger partial charge in [0.15, 0.2) is 0 Å². The van der Waals surface area contributed by atoms with E-state index >= 15 is 0 Å². The van der Waals surface area contributed by atoms with Crippen molar-refractivity contribution in [3.8, 4) is 0 Å². The van der Waals surface area contributed by atoms with E-state index in [1.165, 1.54) is 0 Å². The van der Waals surface area contributed by atoms with Crippen LogP contribution in [-0.4, -0.2) is 34.5 Å². The van der Waals surface area contributed by atoms with Gasteiger partial charge in [-0.1, -0.05) is 20.8 Å². The second kappa shape index (κ2) is 4.00. The first-order chi connectivity index (χ1) is 7.91. The zero-order valence-electron chi connectivity index (χ0n) is 10.8. The minimum absolute atomic E-state index is 0.0618. The minimum Gasteiger partial charge on any atom is -0.481 e. The van der Waals surface area contributed by atoms with Crippen LogP contribution in [0.15, 0.2) is 0 Å². The van der Waals surface area contributed by atoms with Crippen molar-refractivity contribution in [3.63, 3.8) is 0 Å². The highest BCUT2D eigenvalue weighted by molar-refractivity contribution is 5.92. The molecule has 0 aromatic carbocycles. The van der Waals surface area contributed by atoms with Crippen LogP contribution in [0, 0.1) is 17.3 Å². The Morgan fingerprint density at radius 3 is 2.24 bits per heavy atom. The van der Waals surface area contributed by atoms with Gasteiger partial charge >= 0.3 is 5.97 Å². The number of carboxylic acids is 1. The lowest BCUT2D eigenvalue weighted by atomic mass is 10.1. The van der Waals surface area contributed by atoms with Crippen molar-refractivity contribution in [2.45, 2.75) is 46.1 Å². The SMILES string of the molecule is CCCN(C(=O)[C@@H]1[C@H](C(=O)O)C1(C)C)C1CC1. The summed E-state index contributed by atoms with van der Waals surface area (Å²) in [5, 5.41) is 9.10. The quantitative estimate of drug-likeness (QED) is 0.795. The Hall–Kier alpha value is -1.06. The fraction of sp³-hybridized carbons (Fsp3) is 0.846. The molecule has 0 bridgehead atoms. The summed E-state index contributed by atoms with van der Waals surface area (Å²) in [5.41, 5.74) is -0.371. The Kier molecular flexibility index (Phi) is 2.92. The zero-order chi connectivity index (χ0) is 12.8. The fourth-order valence-electron chi connectivity index (χ4n) is 2.84. The van der Waals surface area contributed by atoms with Crippen LogP contribution in [0.4, 0.5) is 0 Å². The average Bonchev–Trinajstić information content (AvgIpc) is 3.09. The summed E-state index contributed by atoms with van der Waals surface area (Å²) in [7, 11) is 0. The maximum atomic E-state index is 12.4. The average molecular weight is 239 g/mol. The molecular formula is C13H21NO3. The molecule has 0 spiro atoms. The van der Waals surface area contributed by atoms with Crippen molar-refractivity contribution < 1.29 is 14.7 Å². The van der Waals surface area contributed by atoms with Crippen LogP contribution in [0.25, 0.3) is 0 Å². The molecule has 4 heteroatoms. The molecule has 0 saturated heterocycles. The normalized spacial score (nSPS) is 29.8. The lowest BCUT2D eigenvalue weighted by molar-refractivity contribution is -0.142. The van der Waals surface area contributed by atoms with Crippen molar-refractivity contribution in [1.29, 1.82) is 0 Å². The molecule has 2 atom stereocenters. The molecule has 2 saturated carbocycles. The highest BCUT2D eigenvalue weighted by atomic mass is 16.4. The summed E-state index contributed by atoms with van der Waals surface area (Å²) in [5.74, 6) is -1.58. The van der Waals surface area contributed by atoms with Crippen LogP contribution in [0.3, 0.4) is 0 Å². The largest absolute Gasteiger partial charge is 0.481 e. The first kappa shape index (κ1) is 12.4. The van der Waals surface area contributed by atoms with E-state index in [4.69, 9.17) is 5.11 Å². The molecule has 2 rings (SSSR count). The first-order valence-electron chi connectivity index (χ1n) is 6.44. The second-order valence-corrected chi connectivity index (χ2v) is 5.88. The molecule has 0 aliphatic heterocycles. The number of amides is 1. The van der Waals surface area contributed by atoms with E-state index in [2.05, 4.69) is 6.92 Å². The molecule has 2 aliphatic carbocycles. The zero-order valence-corrected chi connectivity index (χ0v) is 10.8. The van der Waals surface area contributed by atoms with Gasteiger partial charge in [-0.05, 0) is 24.7 Å².